The van der Waals surface area contributed by atoms with Gasteiger partial charge in [-0.05, 0) is 18.8 Å². The molecule has 0 amide bonds. The summed E-state index contributed by atoms with van der Waals surface area (Å²) in [4.78, 5) is 17.2. The summed E-state index contributed by atoms with van der Waals surface area (Å²) in [5, 5.41) is 13.6. The van der Waals surface area contributed by atoms with Crippen LogP contribution in [0.2, 0.25) is 0 Å². The molecule has 1 atom stereocenters. The SMILES string of the molecule is CNc1nc2sc(N3CCCC(CO)C3)nc2c2c1ncn2C. The van der Waals surface area contributed by atoms with E-state index in [2.05, 4.69) is 20.2 Å². The molecule has 7 nitrogen and oxygen atoms in total. The Labute approximate surface area is 138 Å². The number of imidazole rings is 1. The maximum atomic E-state index is 9.44. The van der Waals surface area contributed by atoms with Gasteiger partial charge >= 0.3 is 0 Å². The monoisotopic (exact) mass is 332 g/mol. The lowest BCUT2D eigenvalue weighted by molar-refractivity contribution is 0.208. The maximum absolute atomic E-state index is 9.44. The van der Waals surface area contributed by atoms with Crippen molar-refractivity contribution >= 4 is 43.7 Å². The number of nitrogens with zero attached hydrogens (tertiary/aromatic N) is 5. The van der Waals surface area contributed by atoms with Gasteiger partial charge in [0.05, 0.1) is 6.33 Å². The van der Waals surface area contributed by atoms with Gasteiger partial charge in [0.1, 0.15) is 21.4 Å². The topological polar surface area (TPSA) is 79.1 Å². The van der Waals surface area contributed by atoms with E-state index >= 15 is 0 Å². The van der Waals surface area contributed by atoms with Gasteiger partial charge in [-0.15, -0.1) is 0 Å². The Morgan fingerprint density at radius 1 is 1.39 bits per heavy atom. The molecule has 1 saturated heterocycles. The zero-order valence-electron chi connectivity index (χ0n) is 13.3. The van der Waals surface area contributed by atoms with Crippen LogP contribution in [0.5, 0.6) is 0 Å². The highest BCUT2D eigenvalue weighted by Crippen LogP contribution is 2.35. The zero-order chi connectivity index (χ0) is 16.0. The highest BCUT2D eigenvalue weighted by Gasteiger charge is 2.23. The van der Waals surface area contributed by atoms with Crippen LogP contribution in [0, 0.1) is 5.92 Å². The van der Waals surface area contributed by atoms with Crippen LogP contribution in [-0.4, -0.2) is 51.4 Å². The van der Waals surface area contributed by atoms with Crippen molar-refractivity contribution in [1.82, 2.24) is 19.5 Å². The quantitative estimate of drug-likeness (QED) is 0.762. The van der Waals surface area contributed by atoms with Gasteiger partial charge in [-0.3, -0.25) is 0 Å². The lowest BCUT2D eigenvalue weighted by Crippen LogP contribution is -2.36. The van der Waals surface area contributed by atoms with Crippen LogP contribution in [0.3, 0.4) is 0 Å². The molecule has 0 saturated carbocycles. The molecule has 1 fully saturated rings. The molecule has 0 aromatic carbocycles. The number of rotatable bonds is 3. The summed E-state index contributed by atoms with van der Waals surface area (Å²) in [6.45, 7) is 2.10. The molecule has 2 N–H and O–H groups in total. The standard InChI is InChI=1S/C15H20N6OS/c1-16-13-10-12(20(2)8-17-10)11-14(19-13)23-15(18-11)21-5-3-4-9(6-21)7-22/h8-9,22H,3-7H2,1-2H3,(H,16,19). The Kier molecular flexibility index (Phi) is 3.57. The molecule has 3 aromatic rings. The minimum Gasteiger partial charge on any atom is -0.396 e. The molecule has 1 unspecified atom stereocenters. The van der Waals surface area contributed by atoms with E-state index in [0.717, 1.165) is 58.3 Å². The molecule has 4 rings (SSSR count). The number of aliphatic hydroxyl groups excluding tert-OH is 1. The molecule has 0 bridgehead atoms. The molecule has 3 aromatic heterocycles. The van der Waals surface area contributed by atoms with Gasteiger partial charge in [-0.25, -0.2) is 15.0 Å². The Balaban J connectivity index is 1.84. The first-order valence-electron chi connectivity index (χ1n) is 7.86. The highest BCUT2D eigenvalue weighted by atomic mass is 32.1. The fraction of sp³-hybridized carbons (Fsp3) is 0.533. The van der Waals surface area contributed by atoms with Crippen molar-refractivity contribution in [3.8, 4) is 0 Å². The molecule has 23 heavy (non-hydrogen) atoms. The summed E-state index contributed by atoms with van der Waals surface area (Å²) in [7, 11) is 3.84. The number of hydrogen-bond donors (Lipinski definition) is 2. The predicted octanol–water partition coefficient (Wildman–Crippen LogP) is 1.83. The zero-order valence-corrected chi connectivity index (χ0v) is 14.1. The first kappa shape index (κ1) is 14.6. The fourth-order valence-corrected chi connectivity index (χ4v) is 4.25. The van der Waals surface area contributed by atoms with E-state index in [0.29, 0.717) is 5.92 Å². The van der Waals surface area contributed by atoms with Gasteiger partial charge in [0.25, 0.3) is 0 Å². The van der Waals surface area contributed by atoms with Crippen LogP contribution in [0.25, 0.3) is 21.4 Å². The molecule has 0 aliphatic carbocycles. The number of aromatic nitrogens is 4. The van der Waals surface area contributed by atoms with Gasteiger partial charge in [0.2, 0.25) is 0 Å². The molecular weight excluding hydrogens is 312 g/mol. The number of nitrogens with one attached hydrogen (secondary N) is 1. The smallest absolute Gasteiger partial charge is 0.188 e. The van der Waals surface area contributed by atoms with Gasteiger partial charge in [0, 0.05) is 33.8 Å². The fourth-order valence-electron chi connectivity index (χ4n) is 3.27. The Morgan fingerprint density at radius 3 is 3.04 bits per heavy atom. The third kappa shape index (κ3) is 2.33. The summed E-state index contributed by atoms with van der Waals surface area (Å²) < 4.78 is 2.00. The maximum Gasteiger partial charge on any atom is 0.188 e. The summed E-state index contributed by atoms with van der Waals surface area (Å²) in [6.07, 6.45) is 3.98. The highest BCUT2D eigenvalue weighted by molar-refractivity contribution is 7.22. The van der Waals surface area contributed by atoms with E-state index in [-0.39, 0.29) is 6.61 Å². The van der Waals surface area contributed by atoms with Gasteiger partial charge in [-0.2, -0.15) is 0 Å². The lowest BCUT2D eigenvalue weighted by atomic mass is 10.00. The van der Waals surface area contributed by atoms with Gasteiger partial charge < -0.3 is 19.9 Å². The number of fused-ring (bicyclic) bond motifs is 3. The van der Waals surface area contributed by atoms with E-state index in [1.165, 1.54) is 0 Å². The van der Waals surface area contributed by atoms with Crippen molar-refractivity contribution in [2.24, 2.45) is 13.0 Å². The average Bonchev–Trinajstić information content (AvgIpc) is 3.17. The molecule has 8 heteroatoms. The molecule has 0 spiro atoms. The molecule has 0 radical (unpaired) electrons. The van der Waals surface area contributed by atoms with E-state index in [4.69, 9.17) is 4.98 Å². The minimum absolute atomic E-state index is 0.246. The van der Waals surface area contributed by atoms with Crippen LogP contribution in [-0.2, 0) is 7.05 Å². The number of aryl methyl sites for hydroxylation is 1. The average molecular weight is 332 g/mol. The van der Waals surface area contributed by atoms with Crippen LogP contribution < -0.4 is 10.2 Å². The number of thiazole rings is 1. The Hall–Kier alpha value is -1.93. The van der Waals surface area contributed by atoms with Gasteiger partial charge in [-0.1, -0.05) is 11.3 Å². The summed E-state index contributed by atoms with van der Waals surface area (Å²) in [6, 6.07) is 0. The van der Waals surface area contributed by atoms with Crippen molar-refractivity contribution in [3.05, 3.63) is 6.33 Å². The summed E-state index contributed by atoms with van der Waals surface area (Å²) >= 11 is 1.61. The normalized spacial score (nSPS) is 18.9. The van der Waals surface area contributed by atoms with Crippen molar-refractivity contribution in [2.75, 3.05) is 37.0 Å². The Bertz CT molecular complexity index is 857. The second kappa shape index (κ2) is 5.61. The van der Waals surface area contributed by atoms with E-state index in [1.54, 1.807) is 17.7 Å². The van der Waals surface area contributed by atoms with Crippen LogP contribution in [0.1, 0.15) is 12.8 Å². The van der Waals surface area contributed by atoms with Crippen molar-refractivity contribution < 1.29 is 5.11 Å². The first-order chi connectivity index (χ1) is 11.2. The summed E-state index contributed by atoms with van der Waals surface area (Å²) in [5.41, 5.74) is 2.77. The van der Waals surface area contributed by atoms with Crippen LogP contribution in [0.4, 0.5) is 10.9 Å². The van der Waals surface area contributed by atoms with Crippen LogP contribution >= 0.6 is 11.3 Å². The second-order valence-electron chi connectivity index (χ2n) is 6.05. The molecule has 1 aliphatic rings. The van der Waals surface area contributed by atoms with Crippen molar-refractivity contribution in [1.29, 1.82) is 0 Å². The largest absolute Gasteiger partial charge is 0.396 e. The molecular formula is C15H20N6OS. The number of piperidine rings is 1. The lowest BCUT2D eigenvalue weighted by Gasteiger charge is -2.31. The van der Waals surface area contributed by atoms with Crippen molar-refractivity contribution in [3.63, 3.8) is 0 Å². The predicted molar refractivity (Wildman–Crippen MR) is 93.3 cm³/mol. The third-order valence-corrected chi connectivity index (χ3v) is 5.49. The van der Waals surface area contributed by atoms with E-state index in [9.17, 15) is 5.11 Å². The first-order valence-corrected chi connectivity index (χ1v) is 8.68. The number of aliphatic hydroxyl groups is 1. The Morgan fingerprint density at radius 2 is 2.26 bits per heavy atom. The third-order valence-electron chi connectivity index (χ3n) is 4.48. The number of hydrogen-bond acceptors (Lipinski definition) is 7. The van der Waals surface area contributed by atoms with E-state index in [1.807, 2.05) is 18.7 Å². The molecule has 4 heterocycles. The minimum atomic E-state index is 0.246. The molecule has 122 valence electrons. The van der Waals surface area contributed by atoms with E-state index < -0.39 is 0 Å². The second-order valence-corrected chi connectivity index (χ2v) is 7.01. The molecule has 1 aliphatic heterocycles. The number of pyridine rings is 1. The summed E-state index contributed by atoms with van der Waals surface area (Å²) in [5.74, 6) is 1.13. The number of anilines is 2. The van der Waals surface area contributed by atoms with Crippen molar-refractivity contribution in [2.45, 2.75) is 12.8 Å². The van der Waals surface area contributed by atoms with Crippen LogP contribution in [0.15, 0.2) is 6.33 Å². The van der Waals surface area contributed by atoms with Gasteiger partial charge in [0.15, 0.2) is 10.9 Å².